The van der Waals surface area contributed by atoms with Crippen LogP contribution in [0.1, 0.15) is 30.7 Å². The van der Waals surface area contributed by atoms with Crippen molar-refractivity contribution in [1.82, 2.24) is 19.7 Å². The number of nitrogens with two attached hydrogens (primary N) is 1. The lowest BCUT2D eigenvalue weighted by Gasteiger charge is -2.16. The Hall–Kier alpha value is -3.95. The Labute approximate surface area is 180 Å². The smallest absolute Gasteiger partial charge is 0.255 e. The van der Waals surface area contributed by atoms with Gasteiger partial charge in [-0.05, 0) is 43.7 Å². The predicted molar refractivity (Wildman–Crippen MR) is 112 cm³/mol. The number of halogens is 3. The number of nitrogen functional groups attached to an aromatic ring is 1. The maximum atomic E-state index is 14.2. The van der Waals surface area contributed by atoms with E-state index >= 15 is 0 Å². The van der Waals surface area contributed by atoms with Crippen molar-refractivity contribution in [2.45, 2.75) is 25.7 Å². The molecule has 7 nitrogen and oxygen atoms in total. The van der Waals surface area contributed by atoms with Crippen molar-refractivity contribution in [2.75, 3.05) is 11.1 Å². The summed E-state index contributed by atoms with van der Waals surface area (Å²) in [4.78, 5) is 21.0. The normalized spacial score (nSPS) is 14.6. The first-order valence-corrected chi connectivity index (χ1v) is 9.76. The Bertz CT molecular complexity index is 1430. The van der Waals surface area contributed by atoms with Crippen molar-refractivity contribution >= 4 is 28.4 Å². The molecule has 0 saturated carbocycles. The fraction of sp³-hybridized carbons (Fsp3) is 0.182. The Morgan fingerprint density at radius 1 is 1.12 bits per heavy atom. The molecule has 162 valence electrons. The molecule has 5 rings (SSSR count). The van der Waals surface area contributed by atoms with E-state index in [1.807, 2.05) is 0 Å². The highest BCUT2D eigenvalue weighted by molar-refractivity contribution is 6.06. The van der Waals surface area contributed by atoms with E-state index in [2.05, 4.69) is 20.4 Å². The summed E-state index contributed by atoms with van der Waals surface area (Å²) in [6.07, 6.45) is -0.0826. The van der Waals surface area contributed by atoms with Gasteiger partial charge in [-0.25, -0.2) is 13.2 Å². The first-order chi connectivity index (χ1) is 15.2. The number of amides is 1. The van der Waals surface area contributed by atoms with E-state index in [9.17, 15) is 18.0 Å². The molecule has 2 aromatic heterocycles. The molecule has 1 amide bonds. The van der Waals surface area contributed by atoms with Crippen LogP contribution in [0.5, 0.6) is 0 Å². The minimum absolute atomic E-state index is 0.0572. The van der Waals surface area contributed by atoms with Crippen LogP contribution in [0.15, 0.2) is 36.4 Å². The maximum absolute atomic E-state index is 14.2. The summed E-state index contributed by atoms with van der Waals surface area (Å²) in [5.41, 5.74) is 6.55. The van der Waals surface area contributed by atoms with Crippen molar-refractivity contribution in [3.63, 3.8) is 0 Å². The fourth-order valence-electron chi connectivity index (χ4n) is 3.95. The van der Waals surface area contributed by atoms with Gasteiger partial charge in [0.25, 0.3) is 5.95 Å². The van der Waals surface area contributed by atoms with E-state index in [0.29, 0.717) is 22.2 Å². The summed E-state index contributed by atoms with van der Waals surface area (Å²) in [6.45, 7) is 3.43. The summed E-state index contributed by atoms with van der Waals surface area (Å²) in [5.74, 6) is -2.31. The third kappa shape index (κ3) is 2.90. The Kier molecular flexibility index (Phi) is 4.23. The van der Waals surface area contributed by atoms with Gasteiger partial charge in [0.05, 0.1) is 22.2 Å². The van der Waals surface area contributed by atoms with E-state index in [1.54, 1.807) is 13.8 Å². The molecule has 32 heavy (non-hydrogen) atoms. The van der Waals surface area contributed by atoms with Gasteiger partial charge in [-0.1, -0.05) is 12.1 Å². The van der Waals surface area contributed by atoms with E-state index in [0.717, 1.165) is 6.07 Å². The highest BCUT2D eigenvalue weighted by atomic mass is 19.2. The van der Waals surface area contributed by atoms with Gasteiger partial charge in [-0.15, -0.1) is 0 Å². The number of carbonyl (C=O) groups is 1. The molecule has 0 unspecified atom stereocenters. The minimum atomic E-state index is -0.991. The number of anilines is 2. The number of hydrogen-bond acceptors (Lipinski definition) is 5. The second-order valence-corrected chi connectivity index (χ2v) is 8.12. The Morgan fingerprint density at radius 2 is 1.91 bits per heavy atom. The van der Waals surface area contributed by atoms with Crippen molar-refractivity contribution in [1.29, 1.82) is 0 Å². The lowest BCUT2D eigenvalue weighted by Crippen LogP contribution is -2.27. The zero-order chi connectivity index (χ0) is 22.8. The largest absolute Gasteiger partial charge is 0.383 e. The van der Waals surface area contributed by atoms with E-state index in [1.165, 1.54) is 35.0 Å². The van der Waals surface area contributed by atoms with Crippen molar-refractivity contribution in [3.8, 4) is 5.95 Å². The molecule has 4 aromatic rings. The van der Waals surface area contributed by atoms with Gasteiger partial charge in [0.15, 0.2) is 11.6 Å². The van der Waals surface area contributed by atoms with Crippen LogP contribution in [-0.2, 0) is 16.6 Å². The molecule has 3 heterocycles. The summed E-state index contributed by atoms with van der Waals surface area (Å²) in [5, 5.41) is 7.54. The predicted octanol–water partition coefficient (Wildman–Crippen LogP) is 3.64. The highest BCUT2D eigenvalue weighted by Gasteiger charge is 2.42. The lowest BCUT2D eigenvalue weighted by molar-refractivity contribution is -0.119. The first-order valence-electron chi connectivity index (χ1n) is 9.76. The fourth-order valence-corrected chi connectivity index (χ4v) is 3.95. The number of hydrogen-bond donors (Lipinski definition) is 2. The molecule has 0 saturated heterocycles. The molecule has 1 aliphatic rings. The van der Waals surface area contributed by atoms with E-state index in [-0.39, 0.29) is 35.5 Å². The van der Waals surface area contributed by atoms with Gasteiger partial charge in [-0.2, -0.15) is 19.7 Å². The van der Waals surface area contributed by atoms with Crippen LogP contribution in [0, 0.1) is 17.5 Å². The molecule has 0 fully saturated rings. The number of nitrogens with zero attached hydrogens (tertiary/aromatic N) is 4. The maximum Gasteiger partial charge on any atom is 0.255 e. The lowest BCUT2D eigenvalue weighted by atomic mass is 9.87. The summed E-state index contributed by atoms with van der Waals surface area (Å²) in [6, 6.07) is 7.83. The van der Waals surface area contributed by atoms with Crippen molar-refractivity contribution in [3.05, 3.63) is 70.7 Å². The number of fused-ring (bicyclic) bond motifs is 2. The molecular weight excluding hydrogens is 421 g/mol. The van der Waals surface area contributed by atoms with Crippen LogP contribution < -0.4 is 11.1 Å². The third-order valence-electron chi connectivity index (χ3n) is 5.65. The molecule has 1 aliphatic heterocycles. The number of benzene rings is 2. The zero-order valence-electron chi connectivity index (χ0n) is 17.1. The first kappa shape index (κ1) is 20.0. The molecule has 0 radical (unpaired) electrons. The van der Waals surface area contributed by atoms with Gasteiger partial charge < -0.3 is 11.1 Å². The van der Waals surface area contributed by atoms with E-state index in [4.69, 9.17) is 5.73 Å². The highest BCUT2D eigenvalue weighted by Crippen LogP contribution is 2.39. The average Bonchev–Trinajstić information content (AvgIpc) is 3.19. The topological polar surface area (TPSA) is 98.7 Å². The molecule has 0 spiro atoms. The molecule has 2 aromatic carbocycles. The van der Waals surface area contributed by atoms with Gasteiger partial charge in [0.1, 0.15) is 17.5 Å². The standard InChI is InChI=1S/C22H17F3N6O/c1-22(2)16-18(26)27-21(29-19(16)28-20(22)32)31-15-7-6-11(23)9-12(15)14(30-31)8-10-4-3-5-13(24)17(10)25/h3-7,9H,8H2,1-2H3,(H3,26,27,28,29,32). The van der Waals surface area contributed by atoms with Crippen LogP contribution in [0.4, 0.5) is 24.8 Å². The quantitative estimate of drug-likeness (QED) is 0.509. The van der Waals surface area contributed by atoms with Crippen LogP contribution in [0.2, 0.25) is 0 Å². The molecule has 0 bridgehead atoms. The van der Waals surface area contributed by atoms with Crippen molar-refractivity contribution < 1.29 is 18.0 Å². The molecular formula is C22H17F3N6O. The van der Waals surface area contributed by atoms with Gasteiger partial charge in [-0.3, -0.25) is 4.79 Å². The summed E-state index contributed by atoms with van der Waals surface area (Å²) in [7, 11) is 0. The third-order valence-corrected chi connectivity index (χ3v) is 5.65. The molecule has 0 aliphatic carbocycles. The molecule has 0 atom stereocenters. The number of carbonyl (C=O) groups excluding carboxylic acids is 1. The van der Waals surface area contributed by atoms with Crippen LogP contribution in [0.3, 0.4) is 0 Å². The molecule has 3 N–H and O–H groups in total. The van der Waals surface area contributed by atoms with Gasteiger partial charge in [0, 0.05) is 11.8 Å². The van der Waals surface area contributed by atoms with Crippen molar-refractivity contribution in [2.24, 2.45) is 0 Å². The Balaban J connectivity index is 1.68. The summed E-state index contributed by atoms with van der Waals surface area (Å²) < 4.78 is 43.3. The van der Waals surface area contributed by atoms with Crippen LogP contribution in [0.25, 0.3) is 16.9 Å². The molecule has 10 heteroatoms. The second-order valence-electron chi connectivity index (χ2n) is 8.12. The minimum Gasteiger partial charge on any atom is -0.383 e. The van der Waals surface area contributed by atoms with Gasteiger partial charge in [0.2, 0.25) is 5.91 Å². The monoisotopic (exact) mass is 438 g/mol. The Morgan fingerprint density at radius 3 is 2.69 bits per heavy atom. The average molecular weight is 438 g/mol. The van der Waals surface area contributed by atoms with Crippen LogP contribution >= 0.6 is 0 Å². The second kappa shape index (κ2) is 6.78. The van der Waals surface area contributed by atoms with E-state index < -0.39 is 22.9 Å². The number of rotatable bonds is 3. The van der Waals surface area contributed by atoms with Gasteiger partial charge >= 0.3 is 0 Å². The SMILES string of the molecule is CC1(C)C(=O)Nc2nc(-n3nc(Cc4cccc(F)c4F)c4cc(F)ccc43)nc(N)c21. The number of nitrogens with one attached hydrogen (secondary N) is 1. The summed E-state index contributed by atoms with van der Waals surface area (Å²) >= 11 is 0. The number of aromatic nitrogens is 4. The van der Waals surface area contributed by atoms with Crippen LogP contribution in [-0.4, -0.2) is 25.7 Å². The zero-order valence-corrected chi connectivity index (χ0v) is 17.1.